The number of aliphatic hydroxyl groups is 1. The topological polar surface area (TPSA) is 46.5 Å². The van der Waals surface area contributed by atoms with Gasteiger partial charge in [-0.2, -0.15) is 26.3 Å². The summed E-state index contributed by atoms with van der Waals surface area (Å²) in [4.78, 5) is 11.2. The highest BCUT2D eigenvalue weighted by molar-refractivity contribution is 5.89. The highest BCUT2D eigenvalue weighted by atomic mass is 19.4. The molecule has 0 aliphatic carbocycles. The van der Waals surface area contributed by atoms with Crippen LogP contribution in [0.5, 0.6) is 0 Å². The Morgan fingerprint density at radius 2 is 1.42 bits per heavy atom. The number of esters is 1. The molecule has 0 aliphatic rings. The third kappa shape index (κ3) is 3.80. The first kappa shape index (κ1) is 20.2. The minimum absolute atomic E-state index is 0.0461. The monoisotopic (exact) mass is 362 g/mol. The second-order valence-corrected chi connectivity index (χ2v) is 5.32. The summed E-state index contributed by atoms with van der Waals surface area (Å²) in [7, 11) is 1.07. The van der Waals surface area contributed by atoms with Crippen LogP contribution in [-0.2, 0) is 10.3 Å². The maximum atomic E-state index is 13.8. The number of carbonyl (C=O) groups excluding carboxylic acids is 1. The number of hydrogen-bond acceptors (Lipinski definition) is 3. The summed E-state index contributed by atoms with van der Waals surface area (Å²) in [5.74, 6) is -0.799. The van der Waals surface area contributed by atoms with Gasteiger partial charge in [0.1, 0.15) is 0 Å². The van der Waals surface area contributed by atoms with E-state index < -0.39 is 41.6 Å². The zero-order chi connectivity index (χ0) is 19.0. The quantitative estimate of drug-likeness (QED) is 0.653. The van der Waals surface area contributed by atoms with Crippen molar-refractivity contribution in [2.45, 2.75) is 37.0 Å². The lowest BCUT2D eigenvalue weighted by atomic mass is 9.83. The molecule has 136 valence electrons. The first-order chi connectivity index (χ1) is 10.7. The van der Waals surface area contributed by atoms with Crippen LogP contribution in [0.2, 0.25) is 0 Å². The van der Waals surface area contributed by atoms with E-state index in [0.29, 0.717) is 6.92 Å². The molecule has 0 aliphatic heterocycles. The van der Waals surface area contributed by atoms with E-state index in [-0.39, 0.29) is 5.56 Å². The number of alkyl halides is 7. The lowest BCUT2D eigenvalue weighted by molar-refractivity contribution is -0.352. The van der Waals surface area contributed by atoms with Crippen LogP contribution in [0, 0.1) is 0 Å². The van der Waals surface area contributed by atoms with Crippen LogP contribution in [-0.4, -0.2) is 36.2 Å². The largest absolute Gasteiger partial charge is 0.465 e. The average Bonchev–Trinajstić information content (AvgIpc) is 2.43. The first-order valence-electron chi connectivity index (χ1n) is 6.39. The normalized spacial score (nSPS) is 15.8. The van der Waals surface area contributed by atoms with Gasteiger partial charge in [-0.25, -0.2) is 9.18 Å². The minimum Gasteiger partial charge on any atom is -0.465 e. The number of halogens is 7. The van der Waals surface area contributed by atoms with Crippen LogP contribution in [0.4, 0.5) is 30.7 Å². The van der Waals surface area contributed by atoms with Gasteiger partial charge >= 0.3 is 24.0 Å². The van der Waals surface area contributed by atoms with E-state index in [9.17, 15) is 40.6 Å². The summed E-state index contributed by atoms with van der Waals surface area (Å²) in [5, 5.41) is 9.98. The minimum atomic E-state index is -6.26. The predicted octanol–water partition coefficient (Wildman–Crippen LogP) is 3.90. The Morgan fingerprint density at radius 3 is 1.75 bits per heavy atom. The summed E-state index contributed by atoms with van der Waals surface area (Å²) in [6.45, 7) is 0.617. The zero-order valence-corrected chi connectivity index (χ0v) is 12.4. The lowest BCUT2D eigenvalue weighted by Gasteiger charge is -2.36. The highest BCUT2D eigenvalue weighted by Gasteiger charge is 2.73. The van der Waals surface area contributed by atoms with Crippen molar-refractivity contribution in [1.82, 2.24) is 0 Å². The molecule has 0 bridgehead atoms. The van der Waals surface area contributed by atoms with Gasteiger partial charge in [0.05, 0.1) is 18.3 Å². The molecule has 1 aromatic rings. The molecule has 0 aromatic heterocycles. The molecular weight excluding hydrogens is 349 g/mol. The van der Waals surface area contributed by atoms with Gasteiger partial charge in [-0.15, -0.1) is 0 Å². The second kappa shape index (κ2) is 6.23. The van der Waals surface area contributed by atoms with Gasteiger partial charge in [0.25, 0.3) is 0 Å². The van der Waals surface area contributed by atoms with Gasteiger partial charge in [0.15, 0.2) is 0 Å². The average molecular weight is 362 g/mol. The number of hydrogen-bond donors (Lipinski definition) is 1. The van der Waals surface area contributed by atoms with Crippen LogP contribution in [0.15, 0.2) is 24.3 Å². The van der Waals surface area contributed by atoms with E-state index >= 15 is 0 Å². The summed E-state index contributed by atoms with van der Waals surface area (Å²) in [5.41, 5.74) is -8.86. The molecule has 0 saturated heterocycles. The van der Waals surface area contributed by atoms with Crippen LogP contribution in [0.3, 0.4) is 0 Å². The van der Waals surface area contributed by atoms with Crippen LogP contribution < -0.4 is 0 Å². The molecule has 1 aromatic carbocycles. The van der Waals surface area contributed by atoms with Crippen molar-refractivity contribution < 1.29 is 45.4 Å². The Balaban J connectivity index is 3.21. The van der Waals surface area contributed by atoms with Crippen molar-refractivity contribution in [1.29, 1.82) is 0 Å². The molecule has 0 spiro atoms. The number of carbonyl (C=O) groups is 1. The van der Waals surface area contributed by atoms with Crippen molar-refractivity contribution in [3.8, 4) is 0 Å². The fourth-order valence-corrected chi connectivity index (χ4v) is 2.02. The predicted molar refractivity (Wildman–Crippen MR) is 67.9 cm³/mol. The maximum Gasteiger partial charge on any atom is 0.431 e. The SMILES string of the molecule is COC(=O)c1ccc(C(C)(O)CC(F)(C(F)(F)F)C(F)(F)F)cc1. The summed E-state index contributed by atoms with van der Waals surface area (Å²) < 4.78 is 93.7. The second-order valence-electron chi connectivity index (χ2n) is 5.32. The number of ether oxygens (including phenoxy) is 1. The molecule has 1 unspecified atom stereocenters. The van der Waals surface area contributed by atoms with E-state index in [1.165, 1.54) is 0 Å². The maximum absolute atomic E-state index is 13.8. The number of rotatable bonds is 4. The smallest absolute Gasteiger partial charge is 0.431 e. The van der Waals surface area contributed by atoms with Crippen LogP contribution in [0.1, 0.15) is 29.3 Å². The van der Waals surface area contributed by atoms with Crippen molar-refractivity contribution in [2.75, 3.05) is 7.11 Å². The Morgan fingerprint density at radius 1 is 1.00 bits per heavy atom. The van der Waals surface area contributed by atoms with Crippen molar-refractivity contribution in [3.05, 3.63) is 35.4 Å². The van der Waals surface area contributed by atoms with Gasteiger partial charge in [-0.3, -0.25) is 0 Å². The molecule has 1 N–H and O–H groups in total. The Bertz CT molecular complexity index is 574. The van der Waals surface area contributed by atoms with E-state index in [2.05, 4.69) is 4.74 Å². The molecular formula is C14H13F7O3. The standard InChI is InChI=1S/C14H13F7O3/c1-11(23,7-12(15,13(16,17)18)14(19,20)21)9-5-3-8(4-6-9)10(22)24-2/h3-6,23H,7H2,1-2H3. The van der Waals surface area contributed by atoms with Crippen molar-refractivity contribution >= 4 is 5.97 Å². The fourth-order valence-electron chi connectivity index (χ4n) is 2.02. The molecule has 0 fully saturated rings. The molecule has 1 atom stereocenters. The Hall–Kier alpha value is -1.84. The Kier molecular flexibility index (Phi) is 5.24. The molecule has 10 heteroatoms. The molecule has 0 amide bonds. The lowest BCUT2D eigenvalue weighted by Crippen LogP contribution is -2.56. The molecule has 0 radical (unpaired) electrons. The van der Waals surface area contributed by atoms with Gasteiger partial charge in [-0.05, 0) is 24.6 Å². The van der Waals surface area contributed by atoms with E-state index in [4.69, 9.17) is 0 Å². The summed E-state index contributed by atoms with van der Waals surface area (Å²) in [6.07, 6.45) is -14.8. The summed E-state index contributed by atoms with van der Waals surface area (Å²) in [6, 6.07) is 3.88. The van der Waals surface area contributed by atoms with Gasteiger partial charge in [0.2, 0.25) is 0 Å². The van der Waals surface area contributed by atoms with E-state index in [1.54, 1.807) is 0 Å². The number of methoxy groups -OCH3 is 1. The third-order valence-corrected chi connectivity index (χ3v) is 3.41. The zero-order valence-electron chi connectivity index (χ0n) is 12.4. The number of benzene rings is 1. The molecule has 1 rings (SSSR count). The van der Waals surface area contributed by atoms with Crippen molar-refractivity contribution in [3.63, 3.8) is 0 Å². The van der Waals surface area contributed by atoms with Gasteiger partial charge in [0, 0.05) is 6.42 Å². The van der Waals surface area contributed by atoms with E-state index in [0.717, 1.165) is 31.4 Å². The first-order valence-corrected chi connectivity index (χ1v) is 6.39. The molecule has 0 saturated carbocycles. The summed E-state index contributed by atoms with van der Waals surface area (Å²) >= 11 is 0. The van der Waals surface area contributed by atoms with Crippen LogP contribution >= 0.6 is 0 Å². The Labute approximate surface area is 132 Å². The van der Waals surface area contributed by atoms with Gasteiger partial charge < -0.3 is 9.84 Å². The van der Waals surface area contributed by atoms with Crippen molar-refractivity contribution in [2.24, 2.45) is 0 Å². The molecule has 3 nitrogen and oxygen atoms in total. The molecule has 0 heterocycles. The van der Waals surface area contributed by atoms with Crippen LogP contribution in [0.25, 0.3) is 0 Å². The fraction of sp³-hybridized carbons (Fsp3) is 0.500. The van der Waals surface area contributed by atoms with E-state index in [1.807, 2.05) is 0 Å². The third-order valence-electron chi connectivity index (χ3n) is 3.41. The van der Waals surface area contributed by atoms with Gasteiger partial charge in [-0.1, -0.05) is 12.1 Å². The highest BCUT2D eigenvalue weighted by Crippen LogP contribution is 2.51. The molecule has 24 heavy (non-hydrogen) atoms.